The van der Waals surface area contributed by atoms with Crippen LogP contribution in [0.2, 0.25) is 0 Å². The van der Waals surface area contributed by atoms with Crippen molar-refractivity contribution < 1.29 is 14.5 Å². The van der Waals surface area contributed by atoms with Crippen LogP contribution in [0.4, 0.5) is 5.69 Å². The number of carbonyl (C=O) groups excluding carboxylic acids is 2. The van der Waals surface area contributed by atoms with Crippen LogP contribution in [0, 0.1) is 21.4 Å². The van der Waals surface area contributed by atoms with Crippen LogP contribution < -0.4 is 5.32 Å². The van der Waals surface area contributed by atoms with Crippen molar-refractivity contribution in [2.75, 3.05) is 32.7 Å². The Morgan fingerprint density at radius 3 is 2.43 bits per heavy atom. The zero-order chi connectivity index (χ0) is 21.5. The molecule has 1 aliphatic rings. The molecule has 1 fully saturated rings. The van der Waals surface area contributed by atoms with E-state index in [4.69, 9.17) is 0 Å². The van der Waals surface area contributed by atoms with E-state index in [9.17, 15) is 25.0 Å². The fraction of sp³-hybridized carbons (Fsp3) is 0.286. The number of hydrogen-bond acceptors (Lipinski definition) is 6. The van der Waals surface area contributed by atoms with E-state index in [2.05, 4.69) is 11.4 Å². The lowest BCUT2D eigenvalue weighted by Crippen LogP contribution is -2.51. The van der Waals surface area contributed by atoms with Crippen LogP contribution in [0.25, 0.3) is 0 Å². The summed E-state index contributed by atoms with van der Waals surface area (Å²) in [6.45, 7) is 1.82. The maximum Gasteiger partial charge on any atom is 0.270 e. The van der Waals surface area contributed by atoms with E-state index >= 15 is 0 Å². The normalized spacial score (nSPS) is 15.1. The van der Waals surface area contributed by atoms with E-state index in [0.717, 1.165) is 5.56 Å². The monoisotopic (exact) mass is 407 g/mol. The molecule has 1 saturated heterocycles. The molecule has 3 rings (SSSR count). The van der Waals surface area contributed by atoms with Gasteiger partial charge in [0.25, 0.3) is 11.6 Å². The van der Waals surface area contributed by atoms with Gasteiger partial charge in [0.1, 0.15) is 6.04 Å². The first kappa shape index (κ1) is 21.0. The summed E-state index contributed by atoms with van der Waals surface area (Å²) in [5.41, 5.74) is 0.862. The molecule has 0 aliphatic carbocycles. The Bertz CT molecular complexity index is 965. The highest BCUT2D eigenvalue weighted by Gasteiger charge is 2.27. The summed E-state index contributed by atoms with van der Waals surface area (Å²) >= 11 is 0. The Morgan fingerprint density at radius 2 is 1.80 bits per heavy atom. The van der Waals surface area contributed by atoms with Crippen LogP contribution >= 0.6 is 0 Å². The average Bonchev–Trinajstić information content (AvgIpc) is 2.79. The van der Waals surface area contributed by atoms with Crippen molar-refractivity contribution in [2.24, 2.45) is 0 Å². The number of nitro groups is 1. The number of piperazine rings is 1. The van der Waals surface area contributed by atoms with E-state index < -0.39 is 10.8 Å². The van der Waals surface area contributed by atoms with E-state index in [0.29, 0.717) is 26.2 Å². The second-order valence-corrected chi connectivity index (χ2v) is 6.85. The van der Waals surface area contributed by atoms with Crippen LogP contribution in [-0.2, 0) is 4.79 Å². The molecule has 0 saturated carbocycles. The van der Waals surface area contributed by atoms with Gasteiger partial charge in [0.2, 0.25) is 5.91 Å². The molecule has 0 spiro atoms. The van der Waals surface area contributed by atoms with Crippen LogP contribution in [-0.4, -0.2) is 59.3 Å². The highest BCUT2D eigenvalue weighted by Crippen LogP contribution is 2.21. The number of nitriles is 1. The number of amides is 2. The molecule has 0 bridgehead atoms. The van der Waals surface area contributed by atoms with Crippen molar-refractivity contribution in [1.29, 1.82) is 5.26 Å². The summed E-state index contributed by atoms with van der Waals surface area (Å²) < 4.78 is 0. The van der Waals surface area contributed by atoms with Crippen LogP contribution in [0.1, 0.15) is 22.0 Å². The molecule has 0 aromatic heterocycles. The lowest BCUT2D eigenvalue weighted by atomic mass is 10.1. The molecule has 0 radical (unpaired) electrons. The molecular weight excluding hydrogens is 386 g/mol. The smallest absolute Gasteiger partial charge is 0.270 e. The summed E-state index contributed by atoms with van der Waals surface area (Å²) in [4.78, 5) is 38.6. The molecule has 2 amide bonds. The molecule has 30 heavy (non-hydrogen) atoms. The molecule has 1 heterocycles. The zero-order valence-corrected chi connectivity index (χ0v) is 16.2. The van der Waals surface area contributed by atoms with Gasteiger partial charge in [0.15, 0.2) is 0 Å². The van der Waals surface area contributed by atoms with Crippen LogP contribution in [0.3, 0.4) is 0 Å². The first-order valence-corrected chi connectivity index (χ1v) is 9.48. The van der Waals surface area contributed by atoms with Gasteiger partial charge in [0.05, 0.1) is 17.5 Å². The minimum Gasteiger partial charge on any atom is -0.343 e. The lowest BCUT2D eigenvalue weighted by molar-refractivity contribution is -0.384. The van der Waals surface area contributed by atoms with Gasteiger partial charge in [0, 0.05) is 43.9 Å². The fourth-order valence-electron chi connectivity index (χ4n) is 3.36. The van der Waals surface area contributed by atoms with Crippen molar-refractivity contribution in [3.63, 3.8) is 0 Å². The van der Waals surface area contributed by atoms with E-state index in [-0.39, 0.29) is 29.7 Å². The third-order valence-electron chi connectivity index (χ3n) is 4.99. The molecule has 2 aromatic carbocycles. The Kier molecular flexibility index (Phi) is 6.72. The minimum atomic E-state index is -0.578. The van der Waals surface area contributed by atoms with Gasteiger partial charge in [-0.05, 0) is 11.6 Å². The summed E-state index contributed by atoms with van der Waals surface area (Å²) in [5.74, 6) is -0.777. The third-order valence-corrected chi connectivity index (χ3v) is 4.99. The summed E-state index contributed by atoms with van der Waals surface area (Å²) in [5, 5.41) is 22.9. The highest BCUT2D eigenvalue weighted by molar-refractivity contribution is 5.96. The summed E-state index contributed by atoms with van der Waals surface area (Å²) in [6, 6.07) is 16.8. The van der Waals surface area contributed by atoms with Gasteiger partial charge < -0.3 is 10.2 Å². The maximum absolute atomic E-state index is 12.4. The van der Waals surface area contributed by atoms with Crippen molar-refractivity contribution >= 4 is 17.5 Å². The molecule has 2 aromatic rings. The number of nitrogens with zero attached hydrogens (tertiary/aromatic N) is 4. The number of non-ortho nitro benzene ring substituents is 1. The summed E-state index contributed by atoms with van der Waals surface area (Å²) in [7, 11) is 0. The maximum atomic E-state index is 12.4. The minimum absolute atomic E-state index is 0.126. The topological polar surface area (TPSA) is 120 Å². The standard InChI is InChI=1S/C21H21N5O4/c22-14-19(16-5-2-1-3-6-16)24-9-11-25(12-10-24)20(27)15-23-21(28)17-7-4-8-18(13-17)26(29)30/h1-8,13,19H,9-12,15H2,(H,23,28). The Hall–Kier alpha value is -3.77. The number of nitrogens with one attached hydrogen (secondary N) is 1. The van der Waals surface area contributed by atoms with Crippen molar-refractivity contribution in [3.8, 4) is 6.07 Å². The van der Waals surface area contributed by atoms with Crippen molar-refractivity contribution in [1.82, 2.24) is 15.1 Å². The number of carbonyl (C=O) groups is 2. The Balaban J connectivity index is 1.51. The van der Waals surface area contributed by atoms with E-state index in [1.54, 1.807) is 4.90 Å². The Morgan fingerprint density at radius 1 is 1.10 bits per heavy atom. The molecule has 1 N–H and O–H groups in total. The molecule has 154 valence electrons. The number of rotatable bonds is 6. The molecule has 1 aliphatic heterocycles. The lowest BCUT2D eigenvalue weighted by Gasteiger charge is -2.37. The van der Waals surface area contributed by atoms with Crippen LogP contribution in [0.15, 0.2) is 54.6 Å². The van der Waals surface area contributed by atoms with Gasteiger partial charge in [-0.2, -0.15) is 5.26 Å². The molecule has 1 unspecified atom stereocenters. The number of nitro benzene ring substituents is 1. The van der Waals surface area contributed by atoms with Gasteiger partial charge in [-0.3, -0.25) is 24.6 Å². The van der Waals surface area contributed by atoms with Gasteiger partial charge in [-0.25, -0.2) is 0 Å². The quantitative estimate of drug-likeness (QED) is 0.575. The second-order valence-electron chi connectivity index (χ2n) is 6.85. The highest BCUT2D eigenvalue weighted by atomic mass is 16.6. The Labute approximate surface area is 173 Å². The SMILES string of the molecule is N#CC(c1ccccc1)N1CCN(C(=O)CNC(=O)c2cccc([N+](=O)[O-])c2)CC1. The summed E-state index contributed by atoms with van der Waals surface area (Å²) in [6.07, 6.45) is 0. The number of hydrogen-bond donors (Lipinski definition) is 1. The first-order valence-electron chi connectivity index (χ1n) is 9.48. The average molecular weight is 407 g/mol. The van der Waals surface area contributed by atoms with Crippen molar-refractivity contribution in [2.45, 2.75) is 6.04 Å². The first-order chi connectivity index (χ1) is 14.5. The fourth-order valence-corrected chi connectivity index (χ4v) is 3.36. The third kappa shape index (κ3) is 4.98. The van der Waals surface area contributed by atoms with Gasteiger partial charge >= 0.3 is 0 Å². The predicted octanol–water partition coefficient (Wildman–Crippen LogP) is 1.73. The van der Waals surface area contributed by atoms with Crippen molar-refractivity contribution in [3.05, 3.63) is 75.8 Å². The van der Waals surface area contributed by atoms with Gasteiger partial charge in [-0.1, -0.05) is 36.4 Å². The molecule has 9 nitrogen and oxygen atoms in total. The second kappa shape index (κ2) is 9.62. The van der Waals surface area contributed by atoms with Gasteiger partial charge in [-0.15, -0.1) is 0 Å². The molecule has 1 atom stereocenters. The van der Waals surface area contributed by atoms with Crippen LogP contribution in [0.5, 0.6) is 0 Å². The number of benzene rings is 2. The van der Waals surface area contributed by atoms with E-state index in [1.165, 1.54) is 24.3 Å². The molecule has 9 heteroatoms. The van der Waals surface area contributed by atoms with E-state index in [1.807, 2.05) is 35.2 Å². The zero-order valence-electron chi connectivity index (χ0n) is 16.2. The largest absolute Gasteiger partial charge is 0.343 e. The molecular formula is C21H21N5O4. The predicted molar refractivity (Wildman–Crippen MR) is 108 cm³/mol.